The highest BCUT2D eigenvalue weighted by atomic mass is 35.5. The Morgan fingerprint density at radius 2 is 2.24 bits per heavy atom. The Hall–Kier alpha value is -0.780. The summed E-state index contributed by atoms with van der Waals surface area (Å²) in [7, 11) is 1.83. The molecule has 1 saturated heterocycles. The molecule has 4 nitrogen and oxygen atoms in total. The third kappa shape index (κ3) is 3.90. The van der Waals surface area contributed by atoms with Gasteiger partial charge in [0, 0.05) is 37.1 Å². The van der Waals surface area contributed by atoms with Crippen LogP contribution >= 0.6 is 22.9 Å². The first-order valence-corrected chi connectivity index (χ1v) is 8.80. The lowest BCUT2D eigenvalue weighted by atomic mass is 10.1. The summed E-state index contributed by atoms with van der Waals surface area (Å²) in [5.74, 6) is 1.55. The average Bonchev–Trinajstić information content (AvgIpc) is 3.14. The van der Waals surface area contributed by atoms with Gasteiger partial charge < -0.3 is 10.6 Å². The molecule has 2 unspecified atom stereocenters. The molecule has 0 radical (unpaired) electrons. The Labute approximate surface area is 135 Å². The lowest BCUT2D eigenvalue weighted by Gasteiger charge is -2.20. The molecule has 2 aliphatic rings. The number of hydrogen-bond acceptors (Lipinski definition) is 3. The second-order valence-electron chi connectivity index (χ2n) is 6.04. The van der Waals surface area contributed by atoms with Crippen LogP contribution in [-0.4, -0.2) is 43.1 Å². The number of likely N-dealkylation sites (tertiary alicyclic amines) is 1. The second-order valence-corrected chi connectivity index (χ2v) is 7.84. The van der Waals surface area contributed by atoms with Gasteiger partial charge >= 0.3 is 0 Å². The van der Waals surface area contributed by atoms with Crippen LogP contribution < -0.4 is 10.6 Å². The van der Waals surface area contributed by atoms with Crippen molar-refractivity contribution >= 4 is 28.9 Å². The topological polar surface area (TPSA) is 39.7 Å². The summed E-state index contributed by atoms with van der Waals surface area (Å²) >= 11 is 7.57. The van der Waals surface area contributed by atoms with Crippen LogP contribution in [-0.2, 0) is 6.54 Å². The molecule has 21 heavy (non-hydrogen) atoms. The number of thiophene rings is 1. The van der Waals surface area contributed by atoms with Crippen LogP contribution in [0, 0.1) is 5.92 Å². The maximum atomic E-state index is 5.96. The van der Waals surface area contributed by atoms with E-state index in [4.69, 9.17) is 11.6 Å². The fourth-order valence-corrected chi connectivity index (χ4v) is 3.95. The zero-order chi connectivity index (χ0) is 14.8. The Kier molecular flexibility index (Phi) is 4.72. The third-order valence-corrected chi connectivity index (χ3v) is 5.54. The van der Waals surface area contributed by atoms with Crippen molar-refractivity contribution in [2.45, 2.75) is 38.4 Å². The summed E-state index contributed by atoms with van der Waals surface area (Å²) in [4.78, 5) is 8.18. The second kappa shape index (κ2) is 6.55. The van der Waals surface area contributed by atoms with E-state index in [1.807, 2.05) is 13.1 Å². The first kappa shape index (κ1) is 15.1. The predicted molar refractivity (Wildman–Crippen MR) is 90.2 cm³/mol. The molecule has 1 aromatic rings. The maximum absolute atomic E-state index is 5.96. The molecule has 2 heterocycles. The van der Waals surface area contributed by atoms with Crippen molar-refractivity contribution in [2.75, 3.05) is 20.1 Å². The quantitative estimate of drug-likeness (QED) is 0.660. The minimum atomic E-state index is 0.490. The van der Waals surface area contributed by atoms with Crippen molar-refractivity contribution in [3.63, 3.8) is 0 Å². The number of aliphatic imine (C=N–C) groups is 1. The van der Waals surface area contributed by atoms with E-state index in [1.54, 1.807) is 11.3 Å². The Morgan fingerprint density at radius 3 is 2.86 bits per heavy atom. The molecule has 2 fully saturated rings. The maximum Gasteiger partial charge on any atom is 0.191 e. The van der Waals surface area contributed by atoms with E-state index in [2.05, 4.69) is 33.5 Å². The molecule has 1 aromatic heterocycles. The number of rotatable bonds is 4. The van der Waals surface area contributed by atoms with E-state index < -0.39 is 0 Å². The largest absolute Gasteiger partial charge is 0.352 e. The van der Waals surface area contributed by atoms with Crippen molar-refractivity contribution in [1.29, 1.82) is 0 Å². The highest BCUT2D eigenvalue weighted by Gasteiger charge is 2.38. The van der Waals surface area contributed by atoms with Gasteiger partial charge in [-0.3, -0.25) is 9.89 Å². The van der Waals surface area contributed by atoms with Crippen molar-refractivity contribution in [3.05, 3.63) is 21.3 Å². The lowest BCUT2D eigenvalue weighted by Crippen LogP contribution is -2.46. The van der Waals surface area contributed by atoms with Crippen LogP contribution in [0.2, 0.25) is 4.34 Å². The van der Waals surface area contributed by atoms with Gasteiger partial charge in [-0.15, -0.1) is 11.3 Å². The van der Waals surface area contributed by atoms with Gasteiger partial charge in [-0.1, -0.05) is 18.5 Å². The summed E-state index contributed by atoms with van der Waals surface area (Å²) in [5.41, 5.74) is 0. The van der Waals surface area contributed by atoms with Gasteiger partial charge in [-0.05, 0) is 30.9 Å². The Morgan fingerprint density at radius 1 is 1.43 bits per heavy atom. The fourth-order valence-electron chi connectivity index (χ4n) is 2.92. The highest BCUT2D eigenvalue weighted by Crippen LogP contribution is 2.31. The highest BCUT2D eigenvalue weighted by molar-refractivity contribution is 7.16. The van der Waals surface area contributed by atoms with Gasteiger partial charge in [-0.2, -0.15) is 0 Å². The summed E-state index contributed by atoms with van der Waals surface area (Å²) in [5, 5.41) is 6.95. The Balaban J connectivity index is 1.50. The number of nitrogens with zero attached hydrogens (tertiary/aromatic N) is 2. The van der Waals surface area contributed by atoms with Crippen LogP contribution in [0.4, 0.5) is 0 Å². The van der Waals surface area contributed by atoms with Gasteiger partial charge in [0.25, 0.3) is 0 Å². The first-order chi connectivity index (χ1) is 10.2. The molecule has 0 spiro atoms. The van der Waals surface area contributed by atoms with Crippen molar-refractivity contribution in [1.82, 2.24) is 15.5 Å². The molecule has 0 amide bonds. The van der Waals surface area contributed by atoms with Gasteiger partial charge in [0.05, 0.1) is 10.9 Å². The van der Waals surface area contributed by atoms with Crippen molar-refractivity contribution in [2.24, 2.45) is 10.9 Å². The monoisotopic (exact) mass is 326 g/mol. The van der Waals surface area contributed by atoms with Crippen LogP contribution in [0.25, 0.3) is 0 Å². The minimum Gasteiger partial charge on any atom is -0.352 e. The lowest BCUT2D eigenvalue weighted by molar-refractivity contribution is 0.315. The molecule has 2 atom stereocenters. The Bertz CT molecular complexity index is 512. The molecule has 1 saturated carbocycles. The molecule has 1 aliphatic carbocycles. The summed E-state index contributed by atoms with van der Waals surface area (Å²) in [6.45, 7) is 5.44. The zero-order valence-corrected chi connectivity index (χ0v) is 14.2. The van der Waals surface area contributed by atoms with E-state index in [0.717, 1.165) is 29.4 Å². The van der Waals surface area contributed by atoms with Crippen molar-refractivity contribution < 1.29 is 0 Å². The molecule has 3 rings (SSSR count). The van der Waals surface area contributed by atoms with E-state index in [9.17, 15) is 0 Å². The van der Waals surface area contributed by atoms with Crippen LogP contribution in [0.15, 0.2) is 17.1 Å². The zero-order valence-electron chi connectivity index (χ0n) is 12.6. The van der Waals surface area contributed by atoms with Crippen LogP contribution in [0.5, 0.6) is 0 Å². The number of halogens is 1. The smallest absolute Gasteiger partial charge is 0.191 e. The molecule has 116 valence electrons. The van der Waals surface area contributed by atoms with E-state index in [-0.39, 0.29) is 0 Å². The SMILES string of the molecule is CN=C(NCc1ccc(Cl)s1)NC1CN(C2CC2)CC1C. The number of hydrogen-bond donors (Lipinski definition) is 2. The summed E-state index contributed by atoms with van der Waals surface area (Å²) in [6, 6.07) is 5.33. The molecular weight excluding hydrogens is 304 g/mol. The summed E-state index contributed by atoms with van der Waals surface area (Å²) in [6.07, 6.45) is 2.76. The van der Waals surface area contributed by atoms with E-state index in [1.165, 1.54) is 24.3 Å². The minimum absolute atomic E-state index is 0.490. The first-order valence-electron chi connectivity index (χ1n) is 7.61. The van der Waals surface area contributed by atoms with E-state index in [0.29, 0.717) is 12.0 Å². The molecule has 0 bridgehead atoms. The average molecular weight is 327 g/mol. The standard InChI is InChI=1S/C15H23ClN4S/c1-10-8-20(11-3-4-11)9-13(10)19-15(17-2)18-7-12-5-6-14(16)21-12/h5-6,10-11,13H,3-4,7-9H2,1-2H3,(H2,17,18,19). The molecule has 6 heteroatoms. The number of guanidine groups is 1. The van der Waals surface area contributed by atoms with Crippen LogP contribution in [0.1, 0.15) is 24.6 Å². The molecule has 1 aliphatic heterocycles. The molecular formula is C15H23ClN4S. The van der Waals surface area contributed by atoms with Crippen molar-refractivity contribution in [3.8, 4) is 0 Å². The molecule has 2 N–H and O–H groups in total. The normalized spacial score (nSPS) is 27.1. The van der Waals surface area contributed by atoms with Gasteiger partial charge in [0.1, 0.15) is 0 Å². The van der Waals surface area contributed by atoms with E-state index >= 15 is 0 Å². The third-order valence-electron chi connectivity index (χ3n) is 4.31. The van der Waals surface area contributed by atoms with Gasteiger partial charge in [-0.25, -0.2) is 0 Å². The summed E-state index contributed by atoms with van der Waals surface area (Å²) < 4.78 is 0.833. The molecule has 0 aromatic carbocycles. The number of nitrogens with one attached hydrogen (secondary N) is 2. The van der Waals surface area contributed by atoms with Crippen LogP contribution in [0.3, 0.4) is 0 Å². The van der Waals surface area contributed by atoms with Gasteiger partial charge in [0.15, 0.2) is 5.96 Å². The fraction of sp³-hybridized carbons (Fsp3) is 0.667. The van der Waals surface area contributed by atoms with Gasteiger partial charge in [0.2, 0.25) is 0 Å². The predicted octanol–water partition coefficient (Wildman–Crippen LogP) is 2.55.